The molecule has 0 aliphatic carbocycles. The molecule has 0 unspecified atom stereocenters. The lowest BCUT2D eigenvalue weighted by Gasteiger charge is -2.29. The highest BCUT2D eigenvalue weighted by molar-refractivity contribution is 7.22. The number of thiazole rings is 1. The molecule has 4 rings (SSSR count). The molecule has 32 heavy (non-hydrogen) atoms. The van der Waals surface area contributed by atoms with Crippen molar-refractivity contribution in [2.75, 3.05) is 58.5 Å². The number of carbonyl (C=O) groups is 1. The minimum atomic E-state index is -0.104. The number of benzene rings is 2. The molecule has 3 aromatic rings. The molecule has 1 fully saturated rings. The molecule has 1 aromatic heterocycles. The number of nitrogens with zero attached hydrogens (tertiary/aromatic N) is 3. The van der Waals surface area contributed by atoms with Gasteiger partial charge in [-0.15, -0.1) is 0 Å². The fraction of sp³-hybridized carbons (Fsp3) is 0.417. The van der Waals surface area contributed by atoms with Crippen LogP contribution in [0.2, 0.25) is 0 Å². The van der Waals surface area contributed by atoms with Crippen molar-refractivity contribution >= 4 is 32.6 Å². The highest BCUT2D eigenvalue weighted by atomic mass is 32.1. The lowest BCUT2D eigenvalue weighted by atomic mass is 10.1. The maximum absolute atomic E-state index is 13.7. The molecule has 0 saturated carbocycles. The molecule has 0 bridgehead atoms. The fourth-order valence-corrected chi connectivity index (χ4v) is 5.00. The number of hydrogen-bond donors (Lipinski definition) is 0. The Morgan fingerprint density at radius 3 is 2.59 bits per heavy atom. The maximum Gasteiger partial charge on any atom is 0.260 e. The second-order valence-electron chi connectivity index (χ2n) is 7.91. The second-order valence-corrected chi connectivity index (χ2v) is 8.88. The molecule has 1 saturated heterocycles. The van der Waals surface area contributed by atoms with E-state index in [1.54, 1.807) is 48.7 Å². The molecule has 0 atom stereocenters. The zero-order valence-corrected chi connectivity index (χ0v) is 19.8. The van der Waals surface area contributed by atoms with Crippen LogP contribution in [0.25, 0.3) is 10.2 Å². The average Bonchev–Trinajstić information content (AvgIpc) is 3.23. The van der Waals surface area contributed by atoms with Crippen molar-refractivity contribution in [1.82, 2.24) is 9.88 Å². The van der Waals surface area contributed by atoms with E-state index < -0.39 is 0 Å². The van der Waals surface area contributed by atoms with Gasteiger partial charge in [-0.25, -0.2) is 4.98 Å². The number of aryl methyl sites for hydroxylation is 2. The van der Waals surface area contributed by atoms with Crippen LogP contribution in [0, 0.1) is 13.8 Å². The first kappa shape index (κ1) is 22.5. The minimum absolute atomic E-state index is 0.104. The molecule has 2 heterocycles. The smallest absolute Gasteiger partial charge is 0.260 e. The number of carbonyl (C=O) groups excluding carboxylic acids is 1. The van der Waals surface area contributed by atoms with Crippen molar-refractivity contribution in [2.24, 2.45) is 0 Å². The highest BCUT2D eigenvalue weighted by Gasteiger charge is 2.24. The number of fused-ring (bicyclic) bond motifs is 1. The molecule has 0 spiro atoms. The Labute approximate surface area is 192 Å². The van der Waals surface area contributed by atoms with E-state index in [0.717, 1.165) is 48.6 Å². The summed E-state index contributed by atoms with van der Waals surface area (Å²) in [4.78, 5) is 22.6. The van der Waals surface area contributed by atoms with E-state index in [4.69, 9.17) is 19.2 Å². The topological polar surface area (TPSA) is 64.1 Å². The molecule has 1 amide bonds. The van der Waals surface area contributed by atoms with Crippen LogP contribution in [0.1, 0.15) is 21.5 Å². The van der Waals surface area contributed by atoms with Crippen LogP contribution < -0.4 is 14.4 Å². The molecule has 0 N–H and O–H groups in total. The SMILES string of the molecule is COc1ccc(C(=O)N(CCN2CCOCC2)c2nc3cc(C)cc(C)c3s2)cc1OC. The summed E-state index contributed by atoms with van der Waals surface area (Å²) in [6.07, 6.45) is 0. The molecular formula is C24H29N3O4S. The zero-order valence-electron chi connectivity index (χ0n) is 19.0. The summed E-state index contributed by atoms with van der Waals surface area (Å²) < 4.78 is 17.3. The second kappa shape index (κ2) is 9.85. The van der Waals surface area contributed by atoms with Crippen molar-refractivity contribution in [3.63, 3.8) is 0 Å². The predicted octanol–water partition coefficient (Wildman–Crippen LogP) is 3.91. The van der Waals surface area contributed by atoms with Gasteiger partial charge in [0.05, 0.1) is 37.6 Å². The van der Waals surface area contributed by atoms with Gasteiger partial charge in [-0.05, 0) is 49.2 Å². The number of amides is 1. The molecule has 170 valence electrons. The summed E-state index contributed by atoms with van der Waals surface area (Å²) in [5.74, 6) is 1.02. The summed E-state index contributed by atoms with van der Waals surface area (Å²) >= 11 is 1.56. The van der Waals surface area contributed by atoms with Gasteiger partial charge in [-0.1, -0.05) is 17.4 Å². The average molecular weight is 456 g/mol. The van der Waals surface area contributed by atoms with Crippen LogP contribution in [-0.4, -0.2) is 69.4 Å². The summed E-state index contributed by atoms with van der Waals surface area (Å²) in [6, 6.07) is 9.49. The van der Waals surface area contributed by atoms with Crippen molar-refractivity contribution in [3.8, 4) is 11.5 Å². The third kappa shape index (κ3) is 4.72. The van der Waals surface area contributed by atoms with Gasteiger partial charge < -0.3 is 14.2 Å². The lowest BCUT2D eigenvalue weighted by molar-refractivity contribution is 0.0391. The van der Waals surface area contributed by atoms with Gasteiger partial charge in [0, 0.05) is 31.7 Å². The Hall–Kier alpha value is -2.68. The Kier molecular flexibility index (Phi) is 6.93. The van der Waals surface area contributed by atoms with Crippen LogP contribution in [0.3, 0.4) is 0 Å². The summed E-state index contributed by atoms with van der Waals surface area (Å²) in [5, 5.41) is 0.710. The van der Waals surface area contributed by atoms with E-state index >= 15 is 0 Å². The third-order valence-electron chi connectivity index (χ3n) is 5.66. The van der Waals surface area contributed by atoms with E-state index in [-0.39, 0.29) is 5.91 Å². The summed E-state index contributed by atoms with van der Waals surface area (Å²) in [7, 11) is 3.15. The monoisotopic (exact) mass is 455 g/mol. The van der Waals surface area contributed by atoms with E-state index in [1.807, 2.05) is 0 Å². The summed E-state index contributed by atoms with van der Waals surface area (Å²) in [6.45, 7) is 8.66. The van der Waals surface area contributed by atoms with Crippen LogP contribution in [0.4, 0.5) is 5.13 Å². The van der Waals surface area contributed by atoms with E-state index in [2.05, 4.69) is 30.9 Å². The molecule has 1 aliphatic rings. The third-order valence-corrected chi connectivity index (χ3v) is 6.89. The van der Waals surface area contributed by atoms with Gasteiger partial charge in [0.1, 0.15) is 0 Å². The van der Waals surface area contributed by atoms with Crippen LogP contribution >= 0.6 is 11.3 Å². The van der Waals surface area contributed by atoms with Crippen molar-refractivity contribution in [3.05, 3.63) is 47.0 Å². The quantitative estimate of drug-likeness (QED) is 0.538. The molecule has 8 heteroatoms. The van der Waals surface area contributed by atoms with Crippen LogP contribution in [-0.2, 0) is 4.74 Å². The first-order chi connectivity index (χ1) is 15.5. The van der Waals surface area contributed by atoms with Gasteiger partial charge in [0.15, 0.2) is 16.6 Å². The Bertz CT molecular complexity index is 1110. The fourth-order valence-electron chi connectivity index (χ4n) is 3.96. The van der Waals surface area contributed by atoms with Crippen molar-refractivity contribution in [1.29, 1.82) is 0 Å². The molecule has 7 nitrogen and oxygen atoms in total. The molecule has 0 radical (unpaired) electrons. The van der Waals surface area contributed by atoms with E-state index in [0.29, 0.717) is 28.7 Å². The zero-order chi connectivity index (χ0) is 22.7. The minimum Gasteiger partial charge on any atom is -0.493 e. The first-order valence-electron chi connectivity index (χ1n) is 10.7. The van der Waals surface area contributed by atoms with Crippen molar-refractivity contribution < 1.29 is 19.0 Å². The normalized spacial score (nSPS) is 14.5. The highest BCUT2D eigenvalue weighted by Crippen LogP contribution is 2.34. The van der Waals surface area contributed by atoms with Gasteiger partial charge in [0.25, 0.3) is 5.91 Å². The number of rotatable bonds is 7. The largest absolute Gasteiger partial charge is 0.493 e. The number of ether oxygens (including phenoxy) is 3. The van der Waals surface area contributed by atoms with Gasteiger partial charge >= 0.3 is 0 Å². The van der Waals surface area contributed by atoms with Crippen LogP contribution in [0.15, 0.2) is 30.3 Å². The Morgan fingerprint density at radius 2 is 1.88 bits per heavy atom. The number of morpholine rings is 1. The molecule has 1 aliphatic heterocycles. The lowest BCUT2D eigenvalue weighted by Crippen LogP contribution is -2.43. The maximum atomic E-state index is 13.7. The standard InChI is InChI=1S/C24H29N3O4S/c1-16-13-17(2)22-19(14-16)25-24(32-22)27(8-7-26-9-11-31-12-10-26)23(28)18-5-6-20(29-3)21(15-18)30-4/h5-6,13-15H,7-12H2,1-4H3. The Morgan fingerprint density at radius 1 is 1.12 bits per heavy atom. The number of hydrogen-bond acceptors (Lipinski definition) is 7. The number of anilines is 1. The van der Waals surface area contributed by atoms with Gasteiger partial charge in [0.2, 0.25) is 0 Å². The molecule has 2 aromatic carbocycles. The number of aromatic nitrogens is 1. The Balaban J connectivity index is 1.68. The van der Waals surface area contributed by atoms with Crippen LogP contribution in [0.5, 0.6) is 11.5 Å². The van der Waals surface area contributed by atoms with Gasteiger partial charge in [-0.2, -0.15) is 0 Å². The first-order valence-corrected chi connectivity index (χ1v) is 11.5. The van der Waals surface area contributed by atoms with E-state index in [1.165, 1.54) is 5.56 Å². The molecular weight excluding hydrogens is 426 g/mol. The van der Waals surface area contributed by atoms with Crippen molar-refractivity contribution in [2.45, 2.75) is 13.8 Å². The number of methoxy groups -OCH3 is 2. The van der Waals surface area contributed by atoms with E-state index in [9.17, 15) is 4.79 Å². The predicted molar refractivity (Wildman–Crippen MR) is 128 cm³/mol. The summed E-state index contributed by atoms with van der Waals surface area (Å²) in [5.41, 5.74) is 3.81. The van der Waals surface area contributed by atoms with Gasteiger partial charge in [-0.3, -0.25) is 14.6 Å².